The van der Waals surface area contributed by atoms with E-state index in [9.17, 15) is 4.79 Å². The zero-order chi connectivity index (χ0) is 11.3. The third-order valence-corrected chi connectivity index (χ3v) is 3.03. The minimum absolute atomic E-state index is 0.242. The lowest BCUT2D eigenvalue weighted by Gasteiger charge is -2.10. The van der Waals surface area contributed by atoms with E-state index in [1.165, 1.54) is 0 Å². The van der Waals surface area contributed by atoms with Crippen LogP contribution in [0.3, 0.4) is 0 Å². The number of rotatable bonds is 6. The van der Waals surface area contributed by atoms with Gasteiger partial charge in [-0.3, -0.25) is 9.48 Å². The van der Waals surface area contributed by atoms with Crippen molar-refractivity contribution in [3.8, 4) is 0 Å². The van der Waals surface area contributed by atoms with Gasteiger partial charge in [0.25, 0.3) is 0 Å². The second kappa shape index (κ2) is 5.77. The molecule has 84 valence electrons. The summed E-state index contributed by atoms with van der Waals surface area (Å²) in [5, 5.41) is 6.94. The number of aromatic nitrogens is 2. The Morgan fingerprint density at radius 3 is 3.00 bits per heavy atom. The molecule has 0 bridgehead atoms. The van der Waals surface area contributed by atoms with E-state index in [0.717, 1.165) is 17.1 Å². The molecule has 0 aliphatic rings. The molecule has 0 aliphatic heterocycles. The van der Waals surface area contributed by atoms with E-state index in [4.69, 9.17) is 5.73 Å². The number of nitrogens with one attached hydrogen (secondary N) is 1. The SMILES string of the molecule is CNC(CCSc1cnn(C)c1)C(N)=O. The Morgan fingerprint density at radius 2 is 2.53 bits per heavy atom. The molecule has 0 radical (unpaired) electrons. The van der Waals surface area contributed by atoms with E-state index in [1.807, 2.05) is 19.4 Å². The molecular formula is C9H16N4OS. The molecule has 6 heteroatoms. The maximum Gasteiger partial charge on any atom is 0.234 e. The third kappa shape index (κ3) is 3.93. The molecular weight excluding hydrogens is 212 g/mol. The molecule has 1 heterocycles. The molecule has 1 unspecified atom stereocenters. The number of aryl methyl sites for hydroxylation is 1. The minimum atomic E-state index is -0.302. The van der Waals surface area contributed by atoms with E-state index < -0.39 is 0 Å². The van der Waals surface area contributed by atoms with Gasteiger partial charge in [0, 0.05) is 23.9 Å². The van der Waals surface area contributed by atoms with Crippen molar-refractivity contribution in [1.82, 2.24) is 15.1 Å². The topological polar surface area (TPSA) is 72.9 Å². The Kier molecular flexibility index (Phi) is 4.64. The van der Waals surface area contributed by atoms with Crippen LogP contribution in [0, 0.1) is 0 Å². The summed E-state index contributed by atoms with van der Waals surface area (Å²) in [5.74, 6) is 0.546. The van der Waals surface area contributed by atoms with Crippen LogP contribution in [0.5, 0.6) is 0 Å². The number of hydrogen-bond donors (Lipinski definition) is 2. The van der Waals surface area contributed by atoms with E-state index in [1.54, 1.807) is 23.5 Å². The van der Waals surface area contributed by atoms with Crippen molar-refractivity contribution in [3.63, 3.8) is 0 Å². The van der Waals surface area contributed by atoms with Gasteiger partial charge >= 0.3 is 0 Å². The molecule has 1 aromatic rings. The Balaban J connectivity index is 2.29. The van der Waals surface area contributed by atoms with Gasteiger partial charge in [-0.25, -0.2) is 0 Å². The van der Waals surface area contributed by atoms with Crippen LogP contribution in [0.2, 0.25) is 0 Å². The first-order valence-corrected chi connectivity index (χ1v) is 5.70. The van der Waals surface area contributed by atoms with Gasteiger partial charge in [0.1, 0.15) is 0 Å². The summed E-state index contributed by atoms with van der Waals surface area (Å²) in [6, 6.07) is -0.242. The molecule has 0 saturated carbocycles. The van der Waals surface area contributed by atoms with Gasteiger partial charge in [-0.1, -0.05) is 0 Å². The van der Waals surface area contributed by atoms with Gasteiger partial charge in [0.05, 0.1) is 12.2 Å². The molecule has 0 aromatic carbocycles. The van der Waals surface area contributed by atoms with Gasteiger partial charge in [-0.15, -0.1) is 11.8 Å². The quantitative estimate of drug-likeness (QED) is 0.671. The fourth-order valence-corrected chi connectivity index (χ4v) is 2.13. The van der Waals surface area contributed by atoms with Crippen LogP contribution in [0.4, 0.5) is 0 Å². The van der Waals surface area contributed by atoms with Gasteiger partial charge in [-0.2, -0.15) is 5.10 Å². The van der Waals surface area contributed by atoms with Crippen LogP contribution in [0.1, 0.15) is 6.42 Å². The molecule has 0 spiro atoms. The van der Waals surface area contributed by atoms with Crippen molar-refractivity contribution in [2.75, 3.05) is 12.8 Å². The second-order valence-corrected chi connectivity index (χ2v) is 4.40. The fraction of sp³-hybridized carbons (Fsp3) is 0.556. The summed E-state index contributed by atoms with van der Waals surface area (Å²) in [6.45, 7) is 0. The fourth-order valence-electron chi connectivity index (χ4n) is 1.20. The Labute approximate surface area is 93.4 Å². The molecule has 15 heavy (non-hydrogen) atoms. The van der Waals surface area contributed by atoms with Gasteiger partial charge in [0.2, 0.25) is 5.91 Å². The largest absolute Gasteiger partial charge is 0.368 e. The number of carbonyl (C=O) groups excluding carboxylic acids is 1. The highest BCUT2D eigenvalue weighted by Gasteiger charge is 2.11. The molecule has 1 aromatic heterocycles. The van der Waals surface area contributed by atoms with Gasteiger partial charge < -0.3 is 11.1 Å². The average molecular weight is 228 g/mol. The lowest BCUT2D eigenvalue weighted by Crippen LogP contribution is -2.39. The van der Waals surface area contributed by atoms with Gasteiger partial charge in [-0.05, 0) is 13.5 Å². The molecule has 1 atom stereocenters. The molecule has 3 N–H and O–H groups in total. The maximum absolute atomic E-state index is 10.9. The summed E-state index contributed by atoms with van der Waals surface area (Å²) in [6.07, 6.45) is 4.48. The second-order valence-electron chi connectivity index (χ2n) is 3.23. The van der Waals surface area contributed by atoms with Crippen molar-refractivity contribution in [2.45, 2.75) is 17.4 Å². The third-order valence-electron chi connectivity index (χ3n) is 2.05. The highest BCUT2D eigenvalue weighted by molar-refractivity contribution is 7.99. The highest BCUT2D eigenvalue weighted by Crippen LogP contribution is 2.17. The minimum Gasteiger partial charge on any atom is -0.368 e. The van der Waals surface area contributed by atoms with Crippen LogP contribution in [-0.2, 0) is 11.8 Å². The van der Waals surface area contributed by atoms with E-state index in [0.29, 0.717) is 0 Å². The summed E-state index contributed by atoms with van der Waals surface area (Å²) >= 11 is 1.67. The summed E-state index contributed by atoms with van der Waals surface area (Å²) in [5.41, 5.74) is 5.20. The van der Waals surface area contributed by atoms with E-state index >= 15 is 0 Å². The maximum atomic E-state index is 10.9. The predicted octanol–water partition coefficient (Wildman–Crippen LogP) is -0.0244. The first-order chi connectivity index (χ1) is 7.13. The summed E-state index contributed by atoms with van der Waals surface area (Å²) in [4.78, 5) is 12.0. The summed E-state index contributed by atoms with van der Waals surface area (Å²) in [7, 11) is 3.62. The number of likely N-dealkylation sites (N-methyl/N-ethyl adjacent to an activating group) is 1. The monoisotopic (exact) mass is 228 g/mol. The van der Waals surface area contributed by atoms with Crippen molar-refractivity contribution < 1.29 is 4.79 Å². The Bertz CT molecular complexity index is 326. The van der Waals surface area contributed by atoms with Crippen molar-refractivity contribution in [3.05, 3.63) is 12.4 Å². The van der Waals surface area contributed by atoms with Crippen LogP contribution in [0.25, 0.3) is 0 Å². The number of nitrogens with zero attached hydrogens (tertiary/aromatic N) is 2. The number of primary amides is 1. The Morgan fingerprint density at radius 1 is 1.80 bits per heavy atom. The molecule has 1 amide bonds. The normalized spacial score (nSPS) is 12.7. The smallest absolute Gasteiger partial charge is 0.234 e. The first-order valence-electron chi connectivity index (χ1n) is 4.71. The number of amides is 1. The number of thioether (sulfide) groups is 1. The van der Waals surface area contributed by atoms with Crippen LogP contribution in [-0.4, -0.2) is 34.5 Å². The number of nitrogens with two attached hydrogens (primary N) is 1. The molecule has 0 saturated heterocycles. The lowest BCUT2D eigenvalue weighted by atomic mass is 10.2. The summed E-state index contributed by atoms with van der Waals surface area (Å²) < 4.78 is 1.76. The molecule has 0 fully saturated rings. The number of carbonyl (C=O) groups is 1. The van der Waals surface area contributed by atoms with Crippen LogP contribution < -0.4 is 11.1 Å². The van der Waals surface area contributed by atoms with Crippen molar-refractivity contribution >= 4 is 17.7 Å². The predicted molar refractivity (Wildman–Crippen MR) is 60.6 cm³/mol. The molecule has 0 aliphatic carbocycles. The molecule has 1 rings (SSSR count). The highest BCUT2D eigenvalue weighted by atomic mass is 32.2. The zero-order valence-electron chi connectivity index (χ0n) is 8.93. The van der Waals surface area contributed by atoms with E-state index in [2.05, 4.69) is 10.4 Å². The molecule has 5 nitrogen and oxygen atoms in total. The van der Waals surface area contributed by atoms with E-state index in [-0.39, 0.29) is 11.9 Å². The van der Waals surface area contributed by atoms with Crippen LogP contribution in [0.15, 0.2) is 17.3 Å². The standard InChI is InChI=1S/C9H16N4OS/c1-11-8(9(10)14)3-4-15-7-5-12-13(2)6-7/h5-6,8,11H,3-4H2,1-2H3,(H2,10,14). The lowest BCUT2D eigenvalue weighted by molar-refractivity contribution is -0.119. The number of hydrogen-bond acceptors (Lipinski definition) is 4. The van der Waals surface area contributed by atoms with Crippen molar-refractivity contribution in [2.24, 2.45) is 12.8 Å². The first kappa shape index (κ1) is 12.1. The Hall–Kier alpha value is -1.01. The zero-order valence-corrected chi connectivity index (χ0v) is 9.75. The average Bonchev–Trinajstić information content (AvgIpc) is 2.58. The van der Waals surface area contributed by atoms with Crippen molar-refractivity contribution in [1.29, 1.82) is 0 Å². The van der Waals surface area contributed by atoms with Crippen LogP contribution >= 0.6 is 11.8 Å². The van der Waals surface area contributed by atoms with Gasteiger partial charge in [0.15, 0.2) is 0 Å².